The molecule has 2 heteroatoms. The van der Waals surface area contributed by atoms with E-state index in [1.54, 1.807) is 0 Å². The SMILES string of the molecule is O=C1CCC2CCCC1P2. The smallest absolute Gasteiger partial charge is 0.140 e. The summed E-state index contributed by atoms with van der Waals surface area (Å²) in [6.45, 7) is 0. The zero-order chi connectivity index (χ0) is 6.97. The molecule has 3 atom stereocenters. The number of carbonyl (C=O) groups excluding carboxylic acids is 1. The summed E-state index contributed by atoms with van der Waals surface area (Å²) in [5.41, 5.74) is 1.45. The molecule has 1 nitrogen and oxygen atoms in total. The molecule has 2 bridgehead atoms. The van der Waals surface area contributed by atoms with Crippen molar-refractivity contribution in [2.24, 2.45) is 0 Å². The predicted octanol–water partition coefficient (Wildman–Crippen LogP) is 1.95. The van der Waals surface area contributed by atoms with Crippen LogP contribution < -0.4 is 0 Å². The molecular formula is C8H13OP. The fourth-order valence-electron chi connectivity index (χ4n) is 1.99. The third-order valence-corrected chi connectivity index (χ3v) is 4.67. The van der Waals surface area contributed by atoms with Crippen molar-refractivity contribution in [3.63, 3.8) is 0 Å². The van der Waals surface area contributed by atoms with Crippen LogP contribution in [0, 0.1) is 0 Å². The van der Waals surface area contributed by atoms with Crippen LogP contribution in [0.1, 0.15) is 32.1 Å². The molecule has 10 heavy (non-hydrogen) atoms. The Balaban J connectivity index is 2.07. The van der Waals surface area contributed by atoms with Gasteiger partial charge in [0.1, 0.15) is 5.78 Å². The van der Waals surface area contributed by atoms with Gasteiger partial charge in [-0.2, -0.15) is 0 Å². The molecule has 56 valence electrons. The van der Waals surface area contributed by atoms with Crippen molar-refractivity contribution >= 4 is 14.4 Å². The number of rotatable bonds is 0. The molecule has 2 heterocycles. The Hall–Kier alpha value is 0.100. The van der Waals surface area contributed by atoms with E-state index in [4.69, 9.17) is 0 Å². The van der Waals surface area contributed by atoms with E-state index >= 15 is 0 Å². The van der Waals surface area contributed by atoms with Crippen molar-refractivity contribution in [1.82, 2.24) is 0 Å². The Morgan fingerprint density at radius 1 is 1.30 bits per heavy atom. The first-order valence-corrected chi connectivity index (χ1v) is 5.30. The fourth-order valence-corrected chi connectivity index (χ4v) is 3.94. The topological polar surface area (TPSA) is 17.1 Å². The van der Waals surface area contributed by atoms with Gasteiger partial charge in [-0.05, 0) is 24.9 Å². The zero-order valence-electron chi connectivity index (χ0n) is 6.10. The summed E-state index contributed by atoms with van der Waals surface area (Å²) in [4.78, 5) is 11.2. The zero-order valence-corrected chi connectivity index (χ0v) is 7.10. The van der Waals surface area contributed by atoms with Gasteiger partial charge in [-0.3, -0.25) is 4.79 Å². The van der Waals surface area contributed by atoms with Crippen LogP contribution in [0.2, 0.25) is 0 Å². The Bertz CT molecular complexity index is 155. The van der Waals surface area contributed by atoms with Gasteiger partial charge < -0.3 is 0 Å². The van der Waals surface area contributed by atoms with E-state index in [9.17, 15) is 4.79 Å². The first-order chi connectivity index (χ1) is 4.86. The lowest BCUT2D eigenvalue weighted by Gasteiger charge is -2.32. The molecule has 2 saturated heterocycles. The maximum absolute atomic E-state index is 11.2. The fraction of sp³-hybridized carbons (Fsp3) is 0.875. The molecular weight excluding hydrogens is 143 g/mol. The van der Waals surface area contributed by atoms with E-state index in [1.165, 1.54) is 25.7 Å². The van der Waals surface area contributed by atoms with E-state index in [0.717, 1.165) is 20.7 Å². The average molecular weight is 156 g/mol. The normalized spacial score (nSPS) is 42.2. The lowest BCUT2D eigenvalue weighted by atomic mass is 9.98. The number of Topliss-reactive ketones (excluding diaryl/α,β-unsaturated/α-hetero) is 1. The van der Waals surface area contributed by atoms with Crippen molar-refractivity contribution in [3.8, 4) is 0 Å². The highest BCUT2D eigenvalue weighted by atomic mass is 31.1. The van der Waals surface area contributed by atoms with Gasteiger partial charge in [0.05, 0.1) is 0 Å². The largest absolute Gasteiger partial charge is 0.299 e. The quantitative estimate of drug-likeness (QED) is 0.490. The highest BCUT2D eigenvalue weighted by Crippen LogP contribution is 2.44. The van der Waals surface area contributed by atoms with Crippen LogP contribution in [0.5, 0.6) is 0 Å². The maximum atomic E-state index is 11.2. The third kappa shape index (κ3) is 1.12. The minimum Gasteiger partial charge on any atom is -0.299 e. The van der Waals surface area contributed by atoms with Crippen molar-refractivity contribution in [2.45, 2.75) is 43.4 Å². The van der Waals surface area contributed by atoms with E-state index in [0.29, 0.717) is 11.4 Å². The summed E-state index contributed by atoms with van der Waals surface area (Å²) in [7, 11) is 0.984. The van der Waals surface area contributed by atoms with Crippen molar-refractivity contribution < 1.29 is 4.79 Å². The Morgan fingerprint density at radius 2 is 2.20 bits per heavy atom. The van der Waals surface area contributed by atoms with Crippen LogP contribution >= 0.6 is 8.58 Å². The lowest BCUT2D eigenvalue weighted by molar-refractivity contribution is -0.119. The van der Waals surface area contributed by atoms with E-state index < -0.39 is 0 Å². The minimum atomic E-state index is 0.507. The number of ketones is 1. The lowest BCUT2D eigenvalue weighted by Crippen LogP contribution is -2.29. The maximum Gasteiger partial charge on any atom is 0.140 e. The summed E-state index contributed by atoms with van der Waals surface area (Å²) in [5, 5.41) is 0. The third-order valence-electron chi connectivity index (χ3n) is 2.61. The van der Waals surface area contributed by atoms with Crippen LogP contribution in [0.15, 0.2) is 0 Å². The number of hydrogen-bond donors (Lipinski definition) is 0. The molecule has 3 unspecified atom stereocenters. The van der Waals surface area contributed by atoms with Crippen LogP contribution in [0.4, 0.5) is 0 Å². The molecule has 0 spiro atoms. The van der Waals surface area contributed by atoms with Crippen LogP contribution in [0.3, 0.4) is 0 Å². The van der Waals surface area contributed by atoms with Gasteiger partial charge in [0, 0.05) is 12.1 Å². The van der Waals surface area contributed by atoms with Crippen LogP contribution in [-0.4, -0.2) is 17.1 Å². The minimum absolute atomic E-state index is 0.507. The summed E-state index contributed by atoms with van der Waals surface area (Å²) in [6, 6.07) is 0. The predicted molar refractivity (Wildman–Crippen MR) is 44.0 cm³/mol. The molecule has 0 aromatic rings. The molecule has 0 aromatic carbocycles. The number of carbonyl (C=O) groups is 1. The van der Waals surface area contributed by atoms with Crippen molar-refractivity contribution in [1.29, 1.82) is 0 Å². The van der Waals surface area contributed by atoms with Gasteiger partial charge in [-0.1, -0.05) is 6.42 Å². The summed E-state index contributed by atoms with van der Waals surface area (Å²) < 4.78 is 0. The van der Waals surface area contributed by atoms with E-state index in [-0.39, 0.29) is 0 Å². The van der Waals surface area contributed by atoms with Gasteiger partial charge in [0.2, 0.25) is 0 Å². The highest BCUT2D eigenvalue weighted by molar-refractivity contribution is 7.41. The van der Waals surface area contributed by atoms with Crippen molar-refractivity contribution in [3.05, 3.63) is 0 Å². The Labute approximate surface area is 63.4 Å². The highest BCUT2D eigenvalue weighted by Gasteiger charge is 2.31. The van der Waals surface area contributed by atoms with Gasteiger partial charge in [0.15, 0.2) is 0 Å². The Kier molecular flexibility index (Phi) is 1.78. The van der Waals surface area contributed by atoms with Gasteiger partial charge in [0.25, 0.3) is 0 Å². The van der Waals surface area contributed by atoms with Gasteiger partial charge in [-0.25, -0.2) is 0 Å². The summed E-state index contributed by atoms with van der Waals surface area (Å²) in [5.74, 6) is 0.564. The standard InChI is InChI=1S/C8H13OP/c9-7-5-4-6-2-1-3-8(7)10-6/h6,8,10H,1-5H2. The molecule has 2 aliphatic heterocycles. The second-order valence-electron chi connectivity index (χ2n) is 3.35. The average Bonchev–Trinajstić information content (AvgIpc) is 1.99. The van der Waals surface area contributed by atoms with Crippen LogP contribution in [-0.2, 0) is 4.79 Å². The molecule has 0 aromatic heterocycles. The van der Waals surface area contributed by atoms with Crippen molar-refractivity contribution in [2.75, 3.05) is 0 Å². The van der Waals surface area contributed by atoms with E-state index in [2.05, 4.69) is 0 Å². The number of fused-ring (bicyclic) bond motifs is 2. The Morgan fingerprint density at radius 3 is 3.00 bits per heavy atom. The molecule has 0 N–H and O–H groups in total. The monoisotopic (exact) mass is 156 g/mol. The number of hydrogen-bond acceptors (Lipinski definition) is 1. The molecule has 2 aliphatic rings. The summed E-state index contributed by atoms with van der Waals surface area (Å²) in [6.07, 6.45) is 6.01. The van der Waals surface area contributed by atoms with Gasteiger partial charge >= 0.3 is 0 Å². The van der Waals surface area contributed by atoms with Crippen LogP contribution in [0.25, 0.3) is 0 Å². The molecule has 2 rings (SSSR count). The first-order valence-electron chi connectivity index (χ1n) is 4.15. The second-order valence-corrected chi connectivity index (χ2v) is 5.20. The molecule has 0 saturated carbocycles. The summed E-state index contributed by atoms with van der Waals surface area (Å²) >= 11 is 0. The molecule has 0 aliphatic carbocycles. The molecule has 0 amide bonds. The first kappa shape index (κ1) is 6.79. The molecule has 0 radical (unpaired) electrons. The molecule has 2 fully saturated rings. The van der Waals surface area contributed by atoms with E-state index in [1.807, 2.05) is 0 Å². The second kappa shape index (κ2) is 2.62. The van der Waals surface area contributed by atoms with Gasteiger partial charge in [-0.15, -0.1) is 8.58 Å².